The van der Waals surface area contributed by atoms with Crippen molar-refractivity contribution >= 4 is 40.7 Å². The van der Waals surface area contributed by atoms with Gasteiger partial charge in [-0.05, 0) is 54.3 Å². The number of nitrogens with one attached hydrogen (secondary N) is 1. The van der Waals surface area contributed by atoms with Crippen LogP contribution in [-0.2, 0) is 16.1 Å². The lowest BCUT2D eigenvalue weighted by Crippen LogP contribution is -2.31. The summed E-state index contributed by atoms with van der Waals surface area (Å²) < 4.78 is 24.1. The highest BCUT2D eigenvalue weighted by atomic mass is 32.1. The van der Waals surface area contributed by atoms with Crippen LogP contribution in [0.2, 0.25) is 0 Å². The van der Waals surface area contributed by atoms with Crippen LogP contribution >= 0.6 is 24.4 Å². The molecule has 1 saturated heterocycles. The summed E-state index contributed by atoms with van der Waals surface area (Å²) in [5, 5.41) is 10.2. The molecule has 32 heavy (non-hydrogen) atoms. The standard InChI is InChI=1S/C20H20FN3O3S.CH3NOS/c1-2-9-22-20(28)27-17-10-19(25)24(13-17)12-14-3-8-18(23-11-14)26-16-6-4-15(21)5-7-16;2-1(3)4/h2-8,11,17H,1,9-10,12-13H2,(H,22,28);(H3,2,3,4). The van der Waals surface area contributed by atoms with E-state index in [0.29, 0.717) is 31.3 Å². The zero-order valence-electron chi connectivity index (χ0n) is 17.1. The quantitative estimate of drug-likeness (QED) is 0.409. The number of aliphatic hydroxyl groups is 1. The summed E-state index contributed by atoms with van der Waals surface area (Å²) >= 11 is 8.95. The Morgan fingerprint density at radius 2 is 2.03 bits per heavy atom. The summed E-state index contributed by atoms with van der Waals surface area (Å²) in [5.41, 5.74) is 5.27. The summed E-state index contributed by atoms with van der Waals surface area (Å²) in [6.07, 6.45) is 3.34. The molecule has 8 nitrogen and oxygen atoms in total. The molecule has 1 fully saturated rings. The second-order valence-corrected chi connectivity index (χ2v) is 7.36. The molecule has 1 amide bonds. The molecule has 1 aromatic carbocycles. The van der Waals surface area contributed by atoms with Crippen molar-refractivity contribution in [1.82, 2.24) is 15.2 Å². The Bertz CT molecular complexity index is 938. The second-order valence-electron chi connectivity index (χ2n) is 6.57. The number of carbonyl (C=O) groups excluding carboxylic acids is 1. The van der Waals surface area contributed by atoms with Crippen molar-refractivity contribution in [2.24, 2.45) is 5.73 Å². The van der Waals surface area contributed by atoms with Gasteiger partial charge in [-0.2, -0.15) is 0 Å². The van der Waals surface area contributed by atoms with Gasteiger partial charge in [0.15, 0.2) is 0 Å². The average molecular weight is 479 g/mol. The Morgan fingerprint density at radius 1 is 1.34 bits per heavy atom. The van der Waals surface area contributed by atoms with Crippen LogP contribution in [0.1, 0.15) is 12.0 Å². The van der Waals surface area contributed by atoms with Gasteiger partial charge in [-0.3, -0.25) is 4.79 Å². The largest absolute Gasteiger partial charge is 0.487 e. The molecular formula is C21H23FN4O4S2. The molecule has 1 atom stereocenters. The number of carbonyl (C=O) groups is 1. The molecule has 11 heteroatoms. The minimum atomic E-state index is -0.500. The number of hydrogen-bond donors (Lipinski definition) is 3. The number of rotatable bonds is 7. The number of nitrogens with zero attached hydrogens (tertiary/aromatic N) is 2. The van der Waals surface area contributed by atoms with Crippen LogP contribution in [0.15, 0.2) is 55.3 Å². The maximum atomic E-state index is 12.9. The third-order valence-corrected chi connectivity index (χ3v) is 4.29. The molecule has 1 aliphatic rings. The normalized spacial score (nSPS) is 14.7. The molecule has 2 aromatic rings. The van der Waals surface area contributed by atoms with Crippen LogP contribution in [0.3, 0.4) is 0 Å². The number of amides is 1. The number of halogens is 1. The lowest BCUT2D eigenvalue weighted by Gasteiger charge is -2.17. The molecule has 4 N–H and O–H groups in total. The highest BCUT2D eigenvalue weighted by Gasteiger charge is 2.31. The van der Waals surface area contributed by atoms with Gasteiger partial charge in [0.05, 0.1) is 13.0 Å². The van der Waals surface area contributed by atoms with E-state index >= 15 is 0 Å². The zero-order chi connectivity index (χ0) is 23.5. The minimum Gasteiger partial charge on any atom is -0.487 e. The molecule has 1 unspecified atom stereocenters. The van der Waals surface area contributed by atoms with Crippen molar-refractivity contribution in [2.75, 3.05) is 13.1 Å². The third kappa shape index (κ3) is 8.82. The van der Waals surface area contributed by atoms with Crippen molar-refractivity contribution in [1.29, 1.82) is 0 Å². The summed E-state index contributed by atoms with van der Waals surface area (Å²) in [4.78, 5) is 18.2. The summed E-state index contributed by atoms with van der Waals surface area (Å²) in [5.74, 6) is 0.564. The number of thiocarbonyl (C=S) groups is 2. The van der Waals surface area contributed by atoms with E-state index in [1.54, 1.807) is 23.2 Å². The Balaban J connectivity index is 0.000000837. The molecule has 1 aromatic heterocycles. The van der Waals surface area contributed by atoms with E-state index in [0.717, 1.165) is 5.56 Å². The third-order valence-electron chi connectivity index (χ3n) is 4.05. The first kappa shape index (κ1) is 25.0. The molecule has 0 spiro atoms. The smallest absolute Gasteiger partial charge is 0.257 e. The van der Waals surface area contributed by atoms with Gasteiger partial charge in [0.25, 0.3) is 10.3 Å². The summed E-state index contributed by atoms with van der Waals surface area (Å²) in [6.45, 7) is 5.00. The van der Waals surface area contributed by atoms with E-state index in [4.69, 9.17) is 26.8 Å². The van der Waals surface area contributed by atoms with Crippen LogP contribution in [0.4, 0.5) is 4.39 Å². The fraction of sp³-hybridized carbons (Fsp3) is 0.238. The average Bonchev–Trinajstić information content (AvgIpc) is 3.07. The second kappa shape index (κ2) is 12.5. The molecule has 0 radical (unpaired) electrons. The summed E-state index contributed by atoms with van der Waals surface area (Å²) in [7, 11) is 0. The Morgan fingerprint density at radius 3 is 2.62 bits per heavy atom. The van der Waals surface area contributed by atoms with E-state index in [2.05, 4.69) is 34.8 Å². The van der Waals surface area contributed by atoms with Gasteiger partial charge in [-0.1, -0.05) is 12.1 Å². The number of aromatic nitrogens is 1. The number of benzene rings is 1. The van der Waals surface area contributed by atoms with Gasteiger partial charge in [-0.15, -0.1) is 6.58 Å². The predicted molar refractivity (Wildman–Crippen MR) is 126 cm³/mol. The SMILES string of the molecule is C=CCNC(=S)OC1CC(=O)N(Cc2ccc(Oc3ccc(F)cc3)nc2)C1.NC(O)=S. The van der Waals surface area contributed by atoms with Crippen molar-refractivity contribution in [3.63, 3.8) is 0 Å². The number of hydrogen-bond acceptors (Lipinski definition) is 6. The number of likely N-dealkylation sites (tertiary alicyclic amines) is 1. The number of pyridine rings is 1. The van der Waals surface area contributed by atoms with Crippen molar-refractivity contribution in [3.8, 4) is 11.6 Å². The van der Waals surface area contributed by atoms with Gasteiger partial charge < -0.3 is 30.5 Å². The fourth-order valence-corrected chi connectivity index (χ4v) is 2.94. The lowest BCUT2D eigenvalue weighted by atomic mass is 10.2. The van der Waals surface area contributed by atoms with E-state index in [1.165, 1.54) is 24.3 Å². The number of nitrogens with two attached hydrogens (primary N) is 1. The van der Waals surface area contributed by atoms with Crippen molar-refractivity contribution in [2.45, 2.75) is 19.1 Å². The molecule has 3 rings (SSSR count). The van der Waals surface area contributed by atoms with Crippen molar-refractivity contribution < 1.29 is 23.8 Å². The molecule has 2 heterocycles. The van der Waals surface area contributed by atoms with Gasteiger partial charge in [0.2, 0.25) is 11.8 Å². The van der Waals surface area contributed by atoms with Crippen LogP contribution < -0.4 is 15.8 Å². The monoisotopic (exact) mass is 478 g/mol. The Kier molecular flexibility index (Phi) is 9.76. The van der Waals surface area contributed by atoms with Gasteiger partial charge in [-0.25, -0.2) is 9.37 Å². The highest BCUT2D eigenvalue weighted by molar-refractivity contribution is 7.80. The first-order valence-electron chi connectivity index (χ1n) is 9.46. The van der Waals surface area contributed by atoms with Crippen molar-refractivity contribution in [3.05, 3.63) is 66.6 Å². The van der Waals surface area contributed by atoms with Crippen LogP contribution in [0.5, 0.6) is 11.6 Å². The fourth-order valence-electron chi connectivity index (χ4n) is 2.72. The van der Waals surface area contributed by atoms with E-state index in [-0.39, 0.29) is 29.4 Å². The van der Waals surface area contributed by atoms with E-state index < -0.39 is 5.17 Å². The first-order valence-corrected chi connectivity index (χ1v) is 10.3. The highest BCUT2D eigenvalue weighted by Crippen LogP contribution is 2.21. The van der Waals surface area contributed by atoms with Crippen LogP contribution in [-0.4, -0.2) is 50.4 Å². The van der Waals surface area contributed by atoms with Crippen LogP contribution in [0.25, 0.3) is 0 Å². The van der Waals surface area contributed by atoms with E-state index in [1.807, 2.05) is 6.07 Å². The first-order chi connectivity index (χ1) is 15.3. The van der Waals surface area contributed by atoms with Gasteiger partial charge >= 0.3 is 0 Å². The maximum absolute atomic E-state index is 12.9. The van der Waals surface area contributed by atoms with Gasteiger partial charge in [0, 0.05) is 25.4 Å². The van der Waals surface area contributed by atoms with E-state index in [9.17, 15) is 9.18 Å². The minimum absolute atomic E-state index is 0.00293. The van der Waals surface area contributed by atoms with Gasteiger partial charge in [0.1, 0.15) is 17.7 Å². The maximum Gasteiger partial charge on any atom is 0.257 e. The Labute approximate surface area is 195 Å². The molecule has 0 bridgehead atoms. The molecule has 0 saturated carbocycles. The zero-order valence-corrected chi connectivity index (χ0v) is 18.7. The number of aliphatic hydroxyl groups excluding tert-OH is 1. The summed E-state index contributed by atoms with van der Waals surface area (Å²) in [6, 6.07) is 9.25. The topological polar surface area (TPSA) is 110 Å². The predicted octanol–water partition coefficient (Wildman–Crippen LogP) is 2.98. The van der Waals surface area contributed by atoms with Crippen LogP contribution in [0, 0.1) is 5.82 Å². The molecule has 0 aliphatic carbocycles. The molecular weight excluding hydrogens is 455 g/mol. The lowest BCUT2D eigenvalue weighted by molar-refractivity contribution is -0.128. The molecule has 170 valence electrons. The number of ether oxygens (including phenoxy) is 2. The Hall–Kier alpha value is -3.31. The molecule has 1 aliphatic heterocycles.